The average Bonchev–Trinajstić information content (AvgIpc) is 2.39. The zero-order valence-corrected chi connectivity index (χ0v) is 11.5. The highest BCUT2D eigenvalue weighted by atomic mass is 35.5. The van der Waals surface area contributed by atoms with Crippen molar-refractivity contribution in [2.75, 3.05) is 5.32 Å². The topological polar surface area (TPSA) is 49.3 Å². The summed E-state index contributed by atoms with van der Waals surface area (Å²) in [7, 11) is 0. The summed E-state index contributed by atoms with van der Waals surface area (Å²) in [6.45, 7) is 1.91. The summed E-state index contributed by atoms with van der Waals surface area (Å²) in [5.41, 5.74) is 2.08. The van der Waals surface area contributed by atoms with Gasteiger partial charge in [0.25, 0.3) is 0 Å². The molecule has 0 aliphatic heterocycles. The lowest BCUT2D eigenvalue weighted by Gasteiger charge is -2.17. The number of benzene rings is 2. The molecule has 0 aliphatic carbocycles. The van der Waals surface area contributed by atoms with Crippen molar-refractivity contribution in [2.45, 2.75) is 13.0 Å². The van der Waals surface area contributed by atoms with Gasteiger partial charge in [-0.1, -0.05) is 29.8 Å². The average molecular weight is 294 g/mol. The fraction of sp³-hybridized carbons (Fsp3) is 0.133. The highest BCUT2D eigenvalue weighted by molar-refractivity contribution is 6.30. The molecule has 1 atom stereocenters. The van der Waals surface area contributed by atoms with Gasteiger partial charge in [-0.25, -0.2) is 9.18 Å². The third-order valence-electron chi connectivity index (χ3n) is 2.85. The quantitative estimate of drug-likeness (QED) is 0.895. The Hall–Kier alpha value is -2.07. The molecule has 0 fully saturated rings. The van der Waals surface area contributed by atoms with Gasteiger partial charge in [0.2, 0.25) is 0 Å². The Kier molecular flexibility index (Phi) is 4.25. The second-order valence-electron chi connectivity index (χ2n) is 4.46. The Morgan fingerprint density at radius 2 is 2.05 bits per heavy atom. The monoisotopic (exact) mass is 293 g/mol. The van der Waals surface area contributed by atoms with Gasteiger partial charge in [0.15, 0.2) is 6.04 Å². The molecule has 3 nitrogen and oxygen atoms in total. The molecule has 2 N–H and O–H groups in total. The number of carboxylic acids is 1. The number of hydrogen-bond donors (Lipinski definition) is 2. The van der Waals surface area contributed by atoms with Crippen molar-refractivity contribution in [1.29, 1.82) is 0 Å². The maximum absolute atomic E-state index is 13.1. The predicted molar refractivity (Wildman–Crippen MR) is 76.6 cm³/mol. The smallest absolute Gasteiger partial charge is 0.330 e. The van der Waals surface area contributed by atoms with Gasteiger partial charge < -0.3 is 10.4 Å². The largest absolute Gasteiger partial charge is 0.479 e. The van der Waals surface area contributed by atoms with Crippen LogP contribution in [0, 0.1) is 12.7 Å². The molecule has 0 amide bonds. The zero-order chi connectivity index (χ0) is 14.7. The van der Waals surface area contributed by atoms with Gasteiger partial charge in [-0.15, -0.1) is 0 Å². The molecule has 0 saturated carbocycles. The summed E-state index contributed by atoms with van der Waals surface area (Å²) in [5, 5.41) is 12.1. The molecule has 2 rings (SSSR count). The van der Waals surface area contributed by atoms with E-state index in [0.717, 1.165) is 11.6 Å². The number of carbonyl (C=O) groups is 1. The summed E-state index contributed by atoms with van der Waals surface area (Å²) >= 11 is 5.70. The van der Waals surface area contributed by atoms with Gasteiger partial charge in [0.1, 0.15) is 5.82 Å². The van der Waals surface area contributed by atoms with E-state index in [0.29, 0.717) is 11.3 Å². The molecule has 0 aliphatic rings. The third-order valence-corrected chi connectivity index (χ3v) is 3.14. The van der Waals surface area contributed by atoms with Crippen LogP contribution in [0.2, 0.25) is 5.02 Å². The van der Waals surface area contributed by atoms with E-state index >= 15 is 0 Å². The summed E-state index contributed by atoms with van der Waals surface area (Å²) in [6.07, 6.45) is 0. The number of aryl methyl sites for hydroxylation is 1. The summed E-state index contributed by atoms with van der Waals surface area (Å²) in [5.74, 6) is -1.63. The maximum Gasteiger partial charge on any atom is 0.330 e. The Balaban J connectivity index is 2.32. The van der Waals surface area contributed by atoms with Gasteiger partial charge in [-0.2, -0.15) is 0 Å². The van der Waals surface area contributed by atoms with Crippen LogP contribution in [0.4, 0.5) is 10.1 Å². The van der Waals surface area contributed by atoms with E-state index in [1.807, 2.05) is 25.1 Å². The number of halogens is 2. The maximum atomic E-state index is 13.1. The zero-order valence-electron chi connectivity index (χ0n) is 10.7. The Morgan fingerprint density at radius 3 is 2.65 bits per heavy atom. The van der Waals surface area contributed by atoms with Crippen molar-refractivity contribution in [1.82, 2.24) is 0 Å². The van der Waals surface area contributed by atoms with Crippen LogP contribution < -0.4 is 5.32 Å². The van der Waals surface area contributed by atoms with Crippen LogP contribution in [0.25, 0.3) is 0 Å². The van der Waals surface area contributed by atoms with Crippen molar-refractivity contribution < 1.29 is 14.3 Å². The van der Waals surface area contributed by atoms with Gasteiger partial charge in [-0.05, 0) is 42.3 Å². The van der Waals surface area contributed by atoms with Crippen LogP contribution in [-0.2, 0) is 4.79 Å². The van der Waals surface area contributed by atoms with Gasteiger partial charge in [-0.3, -0.25) is 0 Å². The number of anilines is 1. The minimum absolute atomic E-state index is 0.0974. The predicted octanol–water partition coefficient (Wildman–Crippen LogP) is 4.03. The van der Waals surface area contributed by atoms with Crippen molar-refractivity contribution >= 4 is 23.3 Å². The minimum Gasteiger partial charge on any atom is -0.479 e. The lowest BCUT2D eigenvalue weighted by molar-refractivity contribution is -0.138. The molecule has 20 heavy (non-hydrogen) atoms. The lowest BCUT2D eigenvalue weighted by atomic mass is 10.1. The fourth-order valence-electron chi connectivity index (χ4n) is 1.88. The van der Waals surface area contributed by atoms with E-state index in [4.69, 9.17) is 11.6 Å². The molecule has 0 aromatic heterocycles. The Morgan fingerprint density at radius 1 is 1.30 bits per heavy atom. The SMILES string of the molecule is Cc1cccc(NC(C(=O)O)c2ccc(F)c(Cl)c2)c1. The van der Waals surface area contributed by atoms with E-state index < -0.39 is 17.8 Å². The van der Waals surface area contributed by atoms with Crippen LogP contribution in [0.3, 0.4) is 0 Å². The van der Waals surface area contributed by atoms with Crippen LogP contribution in [-0.4, -0.2) is 11.1 Å². The molecule has 2 aromatic rings. The van der Waals surface area contributed by atoms with Gasteiger partial charge in [0, 0.05) is 5.69 Å². The minimum atomic E-state index is -1.06. The number of carboxylic acid groups (broad SMARTS) is 1. The van der Waals surface area contributed by atoms with E-state index in [9.17, 15) is 14.3 Å². The third kappa shape index (κ3) is 3.27. The molecule has 2 aromatic carbocycles. The normalized spacial score (nSPS) is 11.9. The van der Waals surface area contributed by atoms with Crippen molar-refractivity contribution in [3.8, 4) is 0 Å². The van der Waals surface area contributed by atoms with Crippen LogP contribution in [0.5, 0.6) is 0 Å². The van der Waals surface area contributed by atoms with Crippen LogP contribution in [0.1, 0.15) is 17.2 Å². The van der Waals surface area contributed by atoms with E-state index in [1.54, 1.807) is 6.07 Å². The van der Waals surface area contributed by atoms with Crippen LogP contribution in [0.15, 0.2) is 42.5 Å². The highest BCUT2D eigenvalue weighted by Gasteiger charge is 2.20. The van der Waals surface area contributed by atoms with Gasteiger partial charge in [0.05, 0.1) is 5.02 Å². The number of rotatable bonds is 4. The molecule has 0 radical (unpaired) electrons. The Labute approximate surface area is 121 Å². The first-order valence-corrected chi connectivity index (χ1v) is 6.36. The first-order valence-electron chi connectivity index (χ1n) is 5.98. The molecule has 0 heterocycles. The van der Waals surface area contributed by atoms with Gasteiger partial charge >= 0.3 is 5.97 Å². The molecule has 5 heteroatoms. The number of aliphatic carboxylic acids is 1. The van der Waals surface area contributed by atoms with E-state index in [1.165, 1.54) is 12.1 Å². The standard InChI is InChI=1S/C15H13ClFNO2/c1-9-3-2-4-11(7-9)18-14(15(19)20)10-5-6-13(17)12(16)8-10/h2-8,14,18H,1H3,(H,19,20). The van der Waals surface area contributed by atoms with Crippen molar-refractivity contribution in [3.63, 3.8) is 0 Å². The molecule has 0 spiro atoms. The summed E-state index contributed by atoms with van der Waals surface area (Å²) < 4.78 is 13.1. The second-order valence-corrected chi connectivity index (χ2v) is 4.87. The first kappa shape index (κ1) is 14.3. The molecule has 0 saturated heterocycles. The fourth-order valence-corrected chi connectivity index (χ4v) is 2.07. The Bertz CT molecular complexity index is 646. The molecular formula is C15H13ClFNO2. The highest BCUT2D eigenvalue weighted by Crippen LogP contribution is 2.24. The summed E-state index contributed by atoms with van der Waals surface area (Å²) in [6, 6.07) is 10.2. The van der Waals surface area contributed by atoms with Crippen molar-refractivity contribution in [3.05, 3.63) is 64.4 Å². The van der Waals surface area contributed by atoms with E-state index in [-0.39, 0.29) is 5.02 Å². The van der Waals surface area contributed by atoms with Crippen molar-refractivity contribution in [2.24, 2.45) is 0 Å². The second kappa shape index (κ2) is 5.92. The first-order chi connectivity index (χ1) is 9.47. The summed E-state index contributed by atoms with van der Waals surface area (Å²) in [4.78, 5) is 11.4. The molecule has 0 bridgehead atoms. The number of hydrogen-bond acceptors (Lipinski definition) is 2. The molecular weight excluding hydrogens is 281 g/mol. The lowest BCUT2D eigenvalue weighted by Crippen LogP contribution is -2.20. The van der Waals surface area contributed by atoms with Crippen LogP contribution >= 0.6 is 11.6 Å². The number of nitrogens with one attached hydrogen (secondary N) is 1. The van der Waals surface area contributed by atoms with E-state index in [2.05, 4.69) is 5.32 Å². The molecule has 1 unspecified atom stereocenters. The molecule has 104 valence electrons.